The Morgan fingerprint density at radius 1 is 0.857 bits per heavy atom. The van der Waals surface area contributed by atoms with Gasteiger partial charge in [0.1, 0.15) is 0 Å². The Morgan fingerprint density at radius 2 is 1.14 bits per heavy atom. The molecule has 0 aromatic rings. The van der Waals surface area contributed by atoms with Crippen LogP contribution in [0.5, 0.6) is 0 Å². The van der Waals surface area contributed by atoms with E-state index in [9.17, 15) is 31.1 Å². The number of halogens is 6. The molecule has 1 aliphatic heterocycles. The van der Waals surface area contributed by atoms with Gasteiger partial charge in [0.15, 0.2) is 12.1 Å². The average molecular weight is 222 g/mol. The minimum absolute atomic E-state index is 1.16. The molecular formula is C5H4F6N2O. The summed E-state index contributed by atoms with van der Waals surface area (Å²) >= 11 is 0. The number of urea groups is 1. The second-order valence-electron chi connectivity index (χ2n) is 2.66. The van der Waals surface area contributed by atoms with Crippen LogP contribution in [0.2, 0.25) is 0 Å². The summed E-state index contributed by atoms with van der Waals surface area (Å²) in [7, 11) is 0. The highest BCUT2D eigenvalue weighted by atomic mass is 19.4. The molecule has 3 nitrogen and oxygen atoms in total. The van der Waals surface area contributed by atoms with Gasteiger partial charge in [0.2, 0.25) is 0 Å². The van der Waals surface area contributed by atoms with Gasteiger partial charge < -0.3 is 10.6 Å². The highest BCUT2D eigenvalue weighted by Gasteiger charge is 2.59. The average Bonchev–Trinajstić information content (AvgIpc) is 2.27. The number of carbonyl (C=O) groups excluding carboxylic acids is 1. The maximum atomic E-state index is 12.0. The van der Waals surface area contributed by atoms with Crippen molar-refractivity contribution >= 4 is 6.03 Å². The first-order valence-electron chi connectivity index (χ1n) is 3.33. The largest absolute Gasteiger partial charge is 0.411 e. The van der Waals surface area contributed by atoms with Crippen LogP contribution in [0.15, 0.2) is 0 Å². The molecule has 0 aromatic heterocycles. The first kappa shape index (κ1) is 10.9. The third-order valence-electron chi connectivity index (χ3n) is 1.61. The lowest BCUT2D eigenvalue weighted by Crippen LogP contribution is -2.52. The Balaban J connectivity index is 2.89. The van der Waals surface area contributed by atoms with Crippen LogP contribution in [0.1, 0.15) is 0 Å². The highest BCUT2D eigenvalue weighted by molar-refractivity contribution is 5.77. The van der Waals surface area contributed by atoms with Crippen molar-refractivity contribution in [2.75, 3.05) is 0 Å². The Hall–Kier alpha value is -1.15. The molecule has 1 heterocycles. The molecule has 0 aromatic carbocycles. The Morgan fingerprint density at radius 3 is 1.36 bits per heavy atom. The van der Waals surface area contributed by atoms with E-state index < -0.39 is 30.5 Å². The molecule has 1 aliphatic rings. The van der Waals surface area contributed by atoms with E-state index in [1.165, 1.54) is 0 Å². The van der Waals surface area contributed by atoms with Crippen LogP contribution in [0.3, 0.4) is 0 Å². The van der Waals surface area contributed by atoms with Crippen molar-refractivity contribution in [2.24, 2.45) is 0 Å². The Bertz CT molecular complexity index is 222. The van der Waals surface area contributed by atoms with Gasteiger partial charge in [0.25, 0.3) is 0 Å². The van der Waals surface area contributed by atoms with E-state index in [-0.39, 0.29) is 0 Å². The standard InChI is InChI=1S/C5H4F6N2O/c6-4(7,8)1-2(5(9,10)11)13-3(14)12-1/h1-2H,(H2,12,13,14). The third-order valence-corrected chi connectivity index (χ3v) is 1.61. The first-order chi connectivity index (χ1) is 6.12. The topological polar surface area (TPSA) is 41.1 Å². The molecular weight excluding hydrogens is 218 g/mol. The number of hydrogen-bond acceptors (Lipinski definition) is 1. The number of hydrogen-bond donors (Lipinski definition) is 2. The Labute approximate surface area is 73.4 Å². The van der Waals surface area contributed by atoms with Gasteiger partial charge in [0, 0.05) is 0 Å². The first-order valence-corrected chi connectivity index (χ1v) is 3.33. The zero-order valence-corrected chi connectivity index (χ0v) is 6.33. The van der Waals surface area contributed by atoms with E-state index in [1.54, 1.807) is 0 Å². The predicted octanol–water partition coefficient (Wildman–Crippen LogP) is 1.16. The lowest BCUT2D eigenvalue weighted by atomic mass is 10.1. The van der Waals surface area contributed by atoms with Crippen LogP contribution < -0.4 is 10.6 Å². The maximum Gasteiger partial charge on any atom is 0.411 e. The summed E-state index contributed by atoms with van der Waals surface area (Å²) in [5.74, 6) is 0. The molecule has 0 spiro atoms. The number of amides is 2. The molecule has 1 fully saturated rings. The van der Waals surface area contributed by atoms with Crippen molar-refractivity contribution < 1.29 is 31.1 Å². The molecule has 0 saturated carbocycles. The predicted molar refractivity (Wildman–Crippen MR) is 31.4 cm³/mol. The van der Waals surface area contributed by atoms with Gasteiger partial charge in [-0.2, -0.15) is 26.3 Å². The van der Waals surface area contributed by atoms with Gasteiger partial charge in [-0.25, -0.2) is 4.79 Å². The zero-order valence-electron chi connectivity index (χ0n) is 6.33. The molecule has 2 atom stereocenters. The van der Waals surface area contributed by atoms with Crippen molar-refractivity contribution in [1.29, 1.82) is 0 Å². The molecule has 82 valence electrons. The fourth-order valence-corrected chi connectivity index (χ4v) is 1.03. The SMILES string of the molecule is O=C1NC(C(F)(F)F)C(C(F)(F)F)N1. The molecule has 2 unspecified atom stereocenters. The van der Waals surface area contributed by atoms with Crippen LogP contribution in [0.25, 0.3) is 0 Å². The van der Waals surface area contributed by atoms with Gasteiger partial charge in [-0.15, -0.1) is 0 Å². The summed E-state index contributed by atoms with van der Waals surface area (Å²) in [6, 6.07) is -7.32. The summed E-state index contributed by atoms with van der Waals surface area (Å²) in [5.41, 5.74) is 0. The van der Waals surface area contributed by atoms with E-state index in [4.69, 9.17) is 0 Å². The second-order valence-corrected chi connectivity index (χ2v) is 2.66. The fraction of sp³-hybridized carbons (Fsp3) is 0.800. The highest BCUT2D eigenvalue weighted by Crippen LogP contribution is 2.33. The summed E-state index contributed by atoms with van der Waals surface area (Å²) in [6.07, 6.45) is -10.3. The molecule has 2 amide bonds. The molecule has 9 heteroatoms. The Kier molecular flexibility index (Phi) is 2.28. The minimum Gasteiger partial charge on any atom is -0.324 e. The van der Waals surface area contributed by atoms with E-state index in [1.807, 2.05) is 0 Å². The molecule has 0 radical (unpaired) electrons. The molecule has 0 aliphatic carbocycles. The van der Waals surface area contributed by atoms with Gasteiger partial charge in [-0.1, -0.05) is 0 Å². The van der Waals surface area contributed by atoms with Crippen molar-refractivity contribution in [3.8, 4) is 0 Å². The third kappa shape index (κ3) is 2.02. The smallest absolute Gasteiger partial charge is 0.324 e. The van der Waals surface area contributed by atoms with Crippen LogP contribution in [0.4, 0.5) is 31.1 Å². The molecule has 14 heavy (non-hydrogen) atoms. The monoisotopic (exact) mass is 222 g/mol. The molecule has 2 N–H and O–H groups in total. The number of rotatable bonds is 0. The second kappa shape index (κ2) is 2.92. The van der Waals surface area contributed by atoms with Crippen LogP contribution in [-0.2, 0) is 0 Å². The van der Waals surface area contributed by atoms with Crippen molar-refractivity contribution in [2.45, 2.75) is 24.4 Å². The van der Waals surface area contributed by atoms with Crippen molar-refractivity contribution in [3.63, 3.8) is 0 Å². The number of alkyl halides is 6. The molecule has 1 saturated heterocycles. The van der Waals surface area contributed by atoms with E-state index in [0.29, 0.717) is 0 Å². The normalized spacial score (nSPS) is 28.6. The van der Waals surface area contributed by atoms with Crippen LogP contribution in [0, 0.1) is 0 Å². The van der Waals surface area contributed by atoms with E-state index in [0.717, 1.165) is 10.6 Å². The zero-order chi connectivity index (χ0) is 11.1. The van der Waals surface area contributed by atoms with E-state index in [2.05, 4.69) is 0 Å². The molecule has 1 rings (SSSR count). The van der Waals surface area contributed by atoms with Crippen molar-refractivity contribution in [3.05, 3.63) is 0 Å². The lowest BCUT2D eigenvalue weighted by Gasteiger charge is -2.22. The van der Waals surface area contributed by atoms with Gasteiger partial charge >= 0.3 is 18.4 Å². The summed E-state index contributed by atoms with van der Waals surface area (Å²) in [4.78, 5) is 10.3. The van der Waals surface area contributed by atoms with Gasteiger partial charge in [0.05, 0.1) is 0 Å². The van der Waals surface area contributed by atoms with Gasteiger partial charge in [-0.3, -0.25) is 0 Å². The maximum absolute atomic E-state index is 12.0. The number of carbonyl (C=O) groups is 1. The summed E-state index contributed by atoms with van der Waals surface area (Å²) < 4.78 is 71.8. The fourth-order valence-electron chi connectivity index (χ4n) is 1.03. The van der Waals surface area contributed by atoms with Crippen LogP contribution >= 0.6 is 0 Å². The summed E-state index contributed by atoms with van der Waals surface area (Å²) in [5, 5.41) is 2.31. The lowest BCUT2D eigenvalue weighted by molar-refractivity contribution is -0.207. The van der Waals surface area contributed by atoms with Crippen molar-refractivity contribution in [1.82, 2.24) is 10.6 Å². The van der Waals surface area contributed by atoms with Gasteiger partial charge in [-0.05, 0) is 0 Å². The van der Waals surface area contributed by atoms with E-state index >= 15 is 0 Å². The quantitative estimate of drug-likeness (QED) is 0.593. The summed E-state index contributed by atoms with van der Waals surface area (Å²) in [6.45, 7) is 0. The number of nitrogens with one attached hydrogen (secondary N) is 2. The minimum atomic E-state index is -5.13. The van der Waals surface area contributed by atoms with Crippen LogP contribution in [-0.4, -0.2) is 30.5 Å². The molecule has 0 bridgehead atoms.